The predicted molar refractivity (Wildman–Crippen MR) is 91.5 cm³/mol. The number of hydrazone groups is 1. The van der Waals surface area contributed by atoms with Crippen LogP contribution in [0.4, 0.5) is 5.69 Å². The van der Waals surface area contributed by atoms with E-state index in [0.29, 0.717) is 5.02 Å². The van der Waals surface area contributed by atoms with Crippen molar-refractivity contribution >= 4 is 28.9 Å². The standard InChI is InChI=1S/C17H18ClN3O/c1-12-15(18)9-6-10-16(12)19-11-17(22)21-20-13(2)14-7-4-3-5-8-14/h3-10,19H,11H2,1-2H3,(H,21,22)/b20-13-. The maximum Gasteiger partial charge on any atom is 0.259 e. The first kappa shape index (κ1) is 16.0. The number of amides is 1. The van der Waals surface area contributed by atoms with E-state index >= 15 is 0 Å². The Balaban J connectivity index is 1.90. The molecule has 1 amide bonds. The van der Waals surface area contributed by atoms with Gasteiger partial charge in [-0.1, -0.05) is 48.0 Å². The van der Waals surface area contributed by atoms with Gasteiger partial charge in [-0.25, -0.2) is 5.43 Å². The first-order valence-corrected chi connectivity index (χ1v) is 7.33. The van der Waals surface area contributed by atoms with Crippen molar-refractivity contribution in [3.8, 4) is 0 Å². The first-order chi connectivity index (χ1) is 10.6. The summed E-state index contributed by atoms with van der Waals surface area (Å²) < 4.78 is 0. The summed E-state index contributed by atoms with van der Waals surface area (Å²) in [7, 11) is 0. The van der Waals surface area contributed by atoms with Gasteiger partial charge in [0.05, 0.1) is 12.3 Å². The van der Waals surface area contributed by atoms with Crippen LogP contribution >= 0.6 is 11.6 Å². The average molecular weight is 316 g/mol. The molecule has 22 heavy (non-hydrogen) atoms. The van der Waals surface area contributed by atoms with E-state index in [0.717, 1.165) is 22.5 Å². The molecule has 5 heteroatoms. The predicted octanol–water partition coefficient (Wildman–Crippen LogP) is 3.60. The van der Waals surface area contributed by atoms with Crippen LogP contribution in [0.5, 0.6) is 0 Å². The fourth-order valence-corrected chi connectivity index (χ4v) is 2.08. The van der Waals surface area contributed by atoms with Gasteiger partial charge in [0, 0.05) is 10.7 Å². The van der Waals surface area contributed by atoms with E-state index in [-0.39, 0.29) is 12.5 Å². The molecule has 2 aromatic rings. The van der Waals surface area contributed by atoms with Crippen LogP contribution in [0.2, 0.25) is 5.02 Å². The van der Waals surface area contributed by atoms with Crippen molar-refractivity contribution in [3.05, 3.63) is 64.7 Å². The lowest BCUT2D eigenvalue weighted by molar-refractivity contribution is -0.119. The van der Waals surface area contributed by atoms with Crippen LogP contribution in [0, 0.1) is 6.92 Å². The first-order valence-electron chi connectivity index (χ1n) is 6.95. The lowest BCUT2D eigenvalue weighted by atomic mass is 10.1. The van der Waals surface area contributed by atoms with Gasteiger partial charge in [0.25, 0.3) is 5.91 Å². The van der Waals surface area contributed by atoms with E-state index in [2.05, 4.69) is 15.8 Å². The maximum absolute atomic E-state index is 11.8. The largest absolute Gasteiger partial charge is 0.376 e. The van der Waals surface area contributed by atoms with Crippen LogP contribution in [0.25, 0.3) is 0 Å². The summed E-state index contributed by atoms with van der Waals surface area (Å²) in [5.41, 5.74) is 6.03. The van der Waals surface area contributed by atoms with Gasteiger partial charge in [-0.2, -0.15) is 5.10 Å². The third-order valence-corrected chi connectivity index (χ3v) is 3.66. The van der Waals surface area contributed by atoms with Crippen molar-refractivity contribution in [2.45, 2.75) is 13.8 Å². The molecule has 0 saturated heterocycles. The van der Waals surface area contributed by atoms with Gasteiger partial charge in [0.2, 0.25) is 0 Å². The summed E-state index contributed by atoms with van der Waals surface area (Å²) in [6.07, 6.45) is 0. The van der Waals surface area contributed by atoms with Gasteiger partial charge in [-0.05, 0) is 37.1 Å². The second-order valence-electron chi connectivity index (χ2n) is 4.86. The highest BCUT2D eigenvalue weighted by molar-refractivity contribution is 6.31. The molecule has 0 aliphatic rings. The summed E-state index contributed by atoms with van der Waals surface area (Å²) in [5, 5.41) is 7.82. The Hall–Kier alpha value is -2.33. The van der Waals surface area contributed by atoms with E-state index in [1.165, 1.54) is 0 Å². The van der Waals surface area contributed by atoms with E-state index < -0.39 is 0 Å². The fraction of sp³-hybridized carbons (Fsp3) is 0.176. The van der Waals surface area contributed by atoms with Crippen molar-refractivity contribution in [1.29, 1.82) is 0 Å². The lowest BCUT2D eigenvalue weighted by Gasteiger charge is -2.09. The third-order valence-electron chi connectivity index (χ3n) is 3.25. The minimum Gasteiger partial charge on any atom is -0.376 e. The van der Waals surface area contributed by atoms with Crippen molar-refractivity contribution in [2.24, 2.45) is 5.10 Å². The van der Waals surface area contributed by atoms with Gasteiger partial charge in [0.1, 0.15) is 0 Å². The minimum absolute atomic E-state index is 0.132. The molecule has 0 unspecified atom stereocenters. The number of hydrogen-bond acceptors (Lipinski definition) is 3. The number of hydrogen-bond donors (Lipinski definition) is 2. The minimum atomic E-state index is -0.213. The number of rotatable bonds is 5. The van der Waals surface area contributed by atoms with Crippen LogP contribution in [0.15, 0.2) is 53.6 Å². The normalized spacial score (nSPS) is 11.1. The molecule has 2 rings (SSSR count). The molecule has 4 nitrogen and oxygen atoms in total. The molecule has 0 heterocycles. The number of halogens is 1. The number of anilines is 1. The number of carbonyl (C=O) groups excluding carboxylic acids is 1. The summed E-state index contributed by atoms with van der Waals surface area (Å²) in [4.78, 5) is 11.8. The van der Waals surface area contributed by atoms with Gasteiger partial charge < -0.3 is 5.32 Å². The molecule has 0 bridgehead atoms. The molecule has 0 fully saturated rings. The molecule has 2 N–H and O–H groups in total. The van der Waals surface area contributed by atoms with Crippen molar-refractivity contribution < 1.29 is 4.79 Å². The zero-order valence-corrected chi connectivity index (χ0v) is 13.3. The number of nitrogens with zero attached hydrogens (tertiary/aromatic N) is 1. The molecule has 0 radical (unpaired) electrons. The molecule has 2 aromatic carbocycles. The van der Waals surface area contributed by atoms with Crippen LogP contribution < -0.4 is 10.7 Å². The lowest BCUT2D eigenvalue weighted by Crippen LogP contribution is -2.27. The molecular formula is C17H18ClN3O. The number of carbonyl (C=O) groups is 1. The highest BCUT2D eigenvalue weighted by Gasteiger charge is 2.04. The smallest absolute Gasteiger partial charge is 0.259 e. The second kappa shape index (κ2) is 7.61. The molecule has 0 aliphatic heterocycles. The third kappa shape index (κ3) is 4.33. The summed E-state index contributed by atoms with van der Waals surface area (Å²) in [5.74, 6) is -0.213. The summed E-state index contributed by atoms with van der Waals surface area (Å²) >= 11 is 6.04. The van der Waals surface area contributed by atoms with Gasteiger partial charge in [-0.15, -0.1) is 0 Å². The monoisotopic (exact) mass is 315 g/mol. The molecule has 0 aliphatic carbocycles. The van der Waals surface area contributed by atoms with Crippen LogP contribution in [-0.4, -0.2) is 18.2 Å². The topological polar surface area (TPSA) is 53.5 Å². The average Bonchev–Trinajstić information content (AvgIpc) is 2.54. The molecule has 0 saturated carbocycles. The van der Waals surface area contributed by atoms with Crippen LogP contribution in [0.3, 0.4) is 0 Å². The quantitative estimate of drug-likeness (QED) is 0.654. The molecule has 0 atom stereocenters. The molecule has 114 valence electrons. The van der Waals surface area contributed by atoms with E-state index in [1.807, 2.05) is 62.4 Å². The van der Waals surface area contributed by atoms with Crippen molar-refractivity contribution in [2.75, 3.05) is 11.9 Å². The highest BCUT2D eigenvalue weighted by atomic mass is 35.5. The Morgan fingerprint density at radius 3 is 2.59 bits per heavy atom. The molecule has 0 spiro atoms. The van der Waals surface area contributed by atoms with E-state index in [1.54, 1.807) is 0 Å². The zero-order chi connectivity index (χ0) is 15.9. The zero-order valence-electron chi connectivity index (χ0n) is 12.6. The fourth-order valence-electron chi connectivity index (χ4n) is 1.90. The summed E-state index contributed by atoms with van der Waals surface area (Å²) in [6, 6.07) is 15.2. The van der Waals surface area contributed by atoms with Crippen molar-refractivity contribution in [1.82, 2.24) is 5.43 Å². The van der Waals surface area contributed by atoms with Crippen LogP contribution in [0.1, 0.15) is 18.1 Å². The van der Waals surface area contributed by atoms with Crippen LogP contribution in [-0.2, 0) is 4.79 Å². The Morgan fingerprint density at radius 2 is 1.86 bits per heavy atom. The highest BCUT2D eigenvalue weighted by Crippen LogP contribution is 2.22. The van der Waals surface area contributed by atoms with E-state index in [9.17, 15) is 4.79 Å². The Labute approximate surface area is 135 Å². The maximum atomic E-state index is 11.8. The Kier molecular flexibility index (Phi) is 5.55. The molecular weight excluding hydrogens is 298 g/mol. The number of nitrogens with one attached hydrogen (secondary N) is 2. The number of benzene rings is 2. The van der Waals surface area contributed by atoms with Gasteiger partial charge in [-0.3, -0.25) is 4.79 Å². The Morgan fingerprint density at radius 1 is 1.14 bits per heavy atom. The Bertz CT molecular complexity index is 684. The van der Waals surface area contributed by atoms with Crippen molar-refractivity contribution in [3.63, 3.8) is 0 Å². The SMILES string of the molecule is C/C(=N/NC(=O)CNc1cccc(Cl)c1C)c1ccccc1. The van der Waals surface area contributed by atoms with Gasteiger partial charge in [0.15, 0.2) is 0 Å². The summed E-state index contributed by atoms with van der Waals surface area (Å²) in [6.45, 7) is 3.89. The van der Waals surface area contributed by atoms with E-state index in [4.69, 9.17) is 11.6 Å². The second-order valence-corrected chi connectivity index (χ2v) is 5.27. The van der Waals surface area contributed by atoms with Gasteiger partial charge >= 0.3 is 0 Å². The molecule has 0 aromatic heterocycles.